The standard InChI is InChI=1S/C29H24F2N6O6/c1-36(42-16-15-41-2)26(38)10-8-21-24(12-13-33-27(21)32)43-25-9-5-19(17-23(25)31)35-28(39)22-11-14-34-37(29(22)40)20-6-3-18(30)4-7-20/h3-7,9,11-14,17H,15-16H2,1-2H3,(H2,32,33)(H,35,39). The summed E-state index contributed by atoms with van der Waals surface area (Å²) < 4.78 is 39.7. The number of carbonyl (C=O) groups excluding carboxylic acids is 2. The molecule has 2 heterocycles. The van der Waals surface area contributed by atoms with Crippen molar-refractivity contribution in [3.8, 4) is 29.0 Å². The summed E-state index contributed by atoms with van der Waals surface area (Å²) in [5.74, 6) is 1.76. The van der Waals surface area contributed by atoms with E-state index in [-0.39, 0.29) is 53.0 Å². The van der Waals surface area contributed by atoms with Crippen LogP contribution in [0.25, 0.3) is 5.69 Å². The van der Waals surface area contributed by atoms with Crippen LogP contribution >= 0.6 is 0 Å². The minimum Gasteiger partial charge on any atom is -0.453 e. The van der Waals surface area contributed by atoms with Crippen LogP contribution in [0, 0.1) is 23.5 Å². The van der Waals surface area contributed by atoms with E-state index in [0.29, 0.717) is 0 Å². The zero-order valence-electron chi connectivity index (χ0n) is 22.8. The fourth-order valence-corrected chi connectivity index (χ4v) is 3.51. The van der Waals surface area contributed by atoms with Crippen molar-refractivity contribution >= 4 is 23.3 Å². The Morgan fingerprint density at radius 1 is 1.05 bits per heavy atom. The lowest BCUT2D eigenvalue weighted by atomic mass is 10.2. The van der Waals surface area contributed by atoms with Gasteiger partial charge in [0.25, 0.3) is 11.5 Å². The summed E-state index contributed by atoms with van der Waals surface area (Å²) in [6.45, 7) is 0.406. The number of carbonyl (C=O) groups is 2. The molecule has 4 rings (SSSR count). The minimum atomic E-state index is -0.868. The molecule has 2 aromatic heterocycles. The SMILES string of the molecule is COCCON(C)C(=O)C#Cc1c(Oc2ccc(NC(=O)c3ccnn(-c4ccc(F)cc4)c3=O)cc2F)ccnc1N. The molecular formula is C29H24F2N6O6. The highest BCUT2D eigenvalue weighted by Gasteiger charge is 2.17. The normalized spacial score (nSPS) is 10.4. The fraction of sp³-hybridized carbons (Fsp3) is 0.138. The van der Waals surface area contributed by atoms with Gasteiger partial charge in [-0.25, -0.2) is 18.8 Å². The van der Waals surface area contributed by atoms with E-state index in [0.717, 1.165) is 27.9 Å². The first-order valence-corrected chi connectivity index (χ1v) is 12.5. The second-order valence-corrected chi connectivity index (χ2v) is 8.59. The number of nitrogen functional groups attached to an aromatic ring is 1. The molecule has 4 aromatic rings. The first kappa shape index (κ1) is 30.3. The van der Waals surface area contributed by atoms with Crippen molar-refractivity contribution in [1.82, 2.24) is 19.8 Å². The number of hydrogen-bond donors (Lipinski definition) is 2. The lowest BCUT2D eigenvalue weighted by Gasteiger charge is -2.13. The lowest BCUT2D eigenvalue weighted by Crippen LogP contribution is -2.29. The van der Waals surface area contributed by atoms with Gasteiger partial charge in [-0.15, -0.1) is 0 Å². The smallest absolute Gasteiger partial charge is 0.322 e. The Morgan fingerprint density at radius 2 is 1.81 bits per heavy atom. The summed E-state index contributed by atoms with van der Waals surface area (Å²) in [5.41, 5.74) is 5.19. The van der Waals surface area contributed by atoms with Crippen LogP contribution in [0.3, 0.4) is 0 Å². The first-order chi connectivity index (χ1) is 20.7. The van der Waals surface area contributed by atoms with Gasteiger partial charge in [0.2, 0.25) is 0 Å². The number of pyridine rings is 1. The third kappa shape index (κ3) is 7.55. The molecule has 0 aliphatic carbocycles. The van der Waals surface area contributed by atoms with E-state index < -0.39 is 29.0 Å². The molecule has 0 saturated heterocycles. The highest BCUT2D eigenvalue weighted by Crippen LogP contribution is 2.30. The second kappa shape index (κ2) is 13.8. The summed E-state index contributed by atoms with van der Waals surface area (Å²) >= 11 is 0. The van der Waals surface area contributed by atoms with Crippen LogP contribution in [0.4, 0.5) is 20.3 Å². The predicted molar refractivity (Wildman–Crippen MR) is 150 cm³/mol. The molecule has 12 nitrogen and oxygen atoms in total. The molecule has 0 aliphatic heterocycles. The van der Waals surface area contributed by atoms with Crippen LogP contribution in [-0.4, -0.2) is 59.0 Å². The molecule has 0 radical (unpaired) electrons. The molecule has 0 aliphatic rings. The Morgan fingerprint density at radius 3 is 2.53 bits per heavy atom. The molecule has 220 valence electrons. The maximum absolute atomic E-state index is 15.0. The van der Waals surface area contributed by atoms with E-state index in [9.17, 15) is 18.8 Å². The Hall–Kier alpha value is -5.65. The number of rotatable bonds is 9. The average molecular weight is 591 g/mol. The Bertz CT molecular complexity index is 1770. The highest BCUT2D eigenvalue weighted by molar-refractivity contribution is 6.04. The van der Waals surface area contributed by atoms with Gasteiger partial charge >= 0.3 is 5.91 Å². The number of nitrogens with two attached hydrogens (primary N) is 1. The van der Waals surface area contributed by atoms with Gasteiger partial charge in [0.1, 0.15) is 28.5 Å². The number of anilines is 2. The number of amides is 2. The number of benzene rings is 2. The first-order valence-electron chi connectivity index (χ1n) is 12.5. The molecule has 0 bridgehead atoms. The van der Waals surface area contributed by atoms with Crippen LogP contribution < -0.4 is 21.3 Å². The van der Waals surface area contributed by atoms with E-state index >= 15 is 4.39 Å². The van der Waals surface area contributed by atoms with Crippen LogP contribution in [0.1, 0.15) is 15.9 Å². The van der Waals surface area contributed by atoms with Crippen molar-refractivity contribution in [2.24, 2.45) is 0 Å². The quantitative estimate of drug-likeness (QED) is 0.170. The average Bonchev–Trinajstić information content (AvgIpc) is 2.98. The summed E-state index contributed by atoms with van der Waals surface area (Å²) in [5, 5.41) is 7.30. The summed E-state index contributed by atoms with van der Waals surface area (Å²) in [4.78, 5) is 47.0. The van der Waals surface area contributed by atoms with Crippen molar-refractivity contribution in [2.75, 3.05) is 38.4 Å². The minimum absolute atomic E-state index is 0.0181. The van der Waals surface area contributed by atoms with E-state index in [1.807, 2.05) is 0 Å². The molecule has 14 heteroatoms. The maximum atomic E-state index is 15.0. The number of hydrogen-bond acceptors (Lipinski definition) is 9. The predicted octanol–water partition coefficient (Wildman–Crippen LogP) is 2.92. The molecule has 0 spiro atoms. The van der Waals surface area contributed by atoms with Crippen molar-refractivity contribution in [3.63, 3.8) is 0 Å². The van der Waals surface area contributed by atoms with Crippen LogP contribution in [0.15, 0.2) is 71.8 Å². The molecule has 0 fully saturated rings. The number of hydroxylamine groups is 2. The van der Waals surface area contributed by atoms with Gasteiger partial charge in [-0.1, -0.05) is 0 Å². The van der Waals surface area contributed by atoms with Crippen LogP contribution in [-0.2, 0) is 14.4 Å². The number of nitrogens with zero attached hydrogens (tertiary/aromatic N) is 4. The van der Waals surface area contributed by atoms with Crippen molar-refractivity contribution in [1.29, 1.82) is 0 Å². The van der Waals surface area contributed by atoms with Gasteiger partial charge in [0.15, 0.2) is 11.6 Å². The van der Waals surface area contributed by atoms with E-state index in [1.54, 1.807) is 0 Å². The number of nitrogens with one attached hydrogen (secondary N) is 1. The molecule has 0 atom stereocenters. The zero-order valence-corrected chi connectivity index (χ0v) is 22.8. The lowest BCUT2D eigenvalue weighted by molar-refractivity contribution is -0.175. The van der Waals surface area contributed by atoms with Crippen molar-refractivity contribution in [3.05, 3.63) is 100 Å². The largest absolute Gasteiger partial charge is 0.453 e. The molecule has 0 saturated carbocycles. The maximum Gasteiger partial charge on any atom is 0.322 e. The Kier molecular flexibility index (Phi) is 9.74. The molecule has 0 unspecified atom stereocenters. The van der Waals surface area contributed by atoms with Crippen LogP contribution in [0.2, 0.25) is 0 Å². The van der Waals surface area contributed by atoms with Gasteiger partial charge in [-0.2, -0.15) is 9.78 Å². The third-order valence-corrected chi connectivity index (χ3v) is 5.67. The topological polar surface area (TPSA) is 151 Å². The van der Waals surface area contributed by atoms with Crippen molar-refractivity contribution in [2.45, 2.75) is 0 Å². The van der Waals surface area contributed by atoms with Crippen molar-refractivity contribution < 1.29 is 32.7 Å². The van der Waals surface area contributed by atoms with Gasteiger partial charge in [-0.05, 0) is 48.4 Å². The molecule has 43 heavy (non-hydrogen) atoms. The Balaban J connectivity index is 1.50. The summed E-state index contributed by atoms with van der Waals surface area (Å²) in [7, 11) is 2.87. The molecule has 3 N–H and O–H groups in total. The number of methoxy groups -OCH3 is 1. The summed E-state index contributed by atoms with van der Waals surface area (Å²) in [6.07, 6.45) is 2.55. The molecule has 2 amide bonds. The van der Waals surface area contributed by atoms with E-state index in [4.69, 9.17) is 20.0 Å². The van der Waals surface area contributed by atoms with Gasteiger partial charge < -0.3 is 20.5 Å². The highest BCUT2D eigenvalue weighted by atomic mass is 19.1. The monoisotopic (exact) mass is 590 g/mol. The van der Waals surface area contributed by atoms with Crippen LogP contribution in [0.5, 0.6) is 11.5 Å². The van der Waals surface area contributed by atoms with E-state index in [1.165, 1.54) is 62.9 Å². The number of halogens is 2. The molecular weight excluding hydrogens is 566 g/mol. The zero-order chi connectivity index (χ0) is 30.9. The fourth-order valence-electron chi connectivity index (χ4n) is 3.51. The summed E-state index contributed by atoms with van der Waals surface area (Å²) in [6, 6.07) is 11.1. The van der Waals surface area contributed by atoms with Gasteiger partial charge in [0.05, 0.1) is 18.9 Å². The molecule has 2 aromatic carbocycles. The third-order valence-electron chi connectivity index (χ3n) is 5.67. The van der Waals surface area contributed by atoms with Gasteiger partial charge in [0, 0.05) is 50.3 Å². The number of aromatic nitrogens is 3. The Labute approximate surface area is 243 Å². The van der Waals surface area contributed by atoms with E-state index in [2.05, 4.69) is 27.2 Å². The van der Waals surface area contributed by atoms with Gasteiger partial charge in [-0.3, -0.25) is 19.2 Å². The number of ether oxygens (including phenoxy) is 2. The second-order valence-electron chi connectivity index (χ2n) is 8.59.